The van der Waals surface area contributed by atoms with Gasteiger partial charge in [0.1, 0.15) is 12.4 Å². The summed E-state index contributed by atoms with van der Waals surface area (Å²) < 4.78 is 16.5. The van der Waals surface area contributed by atoms with Crippen LogP contribution in [0.3, 0.4) is 0 Å². The second-order valence-corrected chi connectivity index (χ2v) is 8.19. The van der Waals surface area contributed by atoms with Crippen LogP contribution >= 0.6 is 0 Å². The first-order valence-electron chi connectivity index (χ1n) is 10.9. The first-order valence-corrected chi connectivity index (χ1v) is 10.9. The Kier molecular flexibility index (Phi) is 9.94. The molecular weight excluding hydrogens is 386 g/mol. The maximum atomic E-state index is 12.4. The number of carboxylic acid groups (broad SMARTS) is 1. The molecule has 1 amide bonds. The molecule has 1 atom stereocenters. The van der Waals surface area contributed by atoms with Gasteiger partial charge in [-0.1, -0.05) is 32.4 Å². The van der Waals surface area contributed by atoms with Gasteiger partial charge in [-0.3, -0.25) is 0 Å². The normalized spacial score (nSPS) is 14.8. The third-order valence-electron chi connectivity index (χ3n) is 5.12. The van der Waals surface area contributed by atoms with Gasteiger partial charge in [-0.05, 0) is 49.3 Å². The van der Waals surface area contributed by atoms with E-state index >= 15 is 0 Å². The molecule has 30 heavy (non-hydrogen) atoms. The van der Waals surface area contributed by atoms with E-state index < -0.39 is 12.1 Å². The van der Waals surface area contributed by atoms with E-state index in [2.05, 4.69) is 0 Å². The molecule has 2 rings (SSSR count). The molecule has 0 spiro atoms. The zero-order valence-corrected chi connectivity index (χ0v) is 18.3. The molecule has 1 unspecified atom stereocenters. The van der Waals surface area contributed by atoms with Crippen molar-refractivity contribution in [2.45, 2.75) is 52.6 Å². The van der Waals surface area contributed by atoms with E-state index in [-0.39, 0.29) is 6.09 Å². The van der Waals surface area contributed by atoms with E-state index in [1.54, 1.807) is 11.8 Å². The highest BCUT2D eigenvalue weighted by Crippen LogP contribution is 2.27. The lowest BCUT2D eigenvalue weighted by Crippen LogP contribution is -2.40. The molecule has 1 aromatic rings. The van der Waals surface area contributed by atoms with E-state index in [0.29, 0.717) is 56.9 Å². The Hall–Kier alpha value is -2.28. The molecule has 0 radical (unpaired) electrons. The van der Waals surface area contributed by atoms with Crippen LogP contribution in [-0.4, -0.2) is 61.1 Å². The fraction of sp³-hybridized carbons (Fsp3) is 0.652. The number of carbonyl (C=O) groups is 2. The van der Waals surface area contributed by atoms with E-state index in [4.69, 9.17) is 14.2 Å². The largest absolute Gasteiger partial charge is 0.492 e. The van der Waals surface area contributed by atoms with Crippen LogP contribution in [0.15, 0.2) is 24.3 Å². The lowest BCUT2D eigenvalue weighted by Gasteiger charge is -2.32. The van der Waals surface area contributed by atoms with Crippen LogP contribution < -0.4 is 4.74 Å². The molecule has 0 heterocycles. The minimum atomic E-state index is -0.965. The van der Waals surface area contributed by atoms with Gasteiger partial charge in [0.2, 0.25) is 0 Å². The molecule has 7 nitrogen and oxygen atoms in total. The maximum absolute atomic E-state index is 12.4. The summed E-state index contributed by atoms with van der Waals surface area (Å²) in [5.41, 5.74) is 0.868. The fourth-order valence-electron chi connectivity index (χ4n) is 3.20. The highest BCUT2D eigenvalue weighted by molar-refractivity contribution is 5.72. The second kappa shape index (κ2) is 12.4. The third kappa shape index (κ3) is 8.22. The van der Waals surface area contributed by atoms with E-state index in [1.165, 1.54) is 6.42 Å². The van der Waals surface area contributed by atoms with Gasteiger partial charge in [0.15, 0.2) is 6.10 Å². The van der Waals surface area contributed by atoms with Crippen LogP contribution in [0.2, 0.25) is 0 Å². The van der Waals surface area contributed by atoms with Gasteiger partial charge < -0.3 is 24.2 Å². The van der Waals surface area contributed by atoms with Crippen molar-refractivity contribution in [2.75, 3.05) is 32.9 Å². The van der Waals surface area contributed by atoms with Crippen LogP contribution in [0.5, 0.6) is 5.75 Å². The Bertz CT molecular complexity index is 656. The Morgan fingerprint density at radius 1 is 1.20 bits per heavy atom. The monoisotopic (exact) mass is 421 g/mol. The lowest BCUT2D eigenvalue weighted by atomic mass is 9.85. The van der Waals surface area contributed by atoms with E-state index in [1.807, 2.05) is 38.1 Å². The molecule has 1 aliphatic rings. The van der Waals surface area contributed by atoms with Crippen molar-refractivity contribution in [3.8, 4) is 5.75 Å². The topological polar surface area (TPSA) is 85.3 Å². The summed E-state index contributed by atoms with van der Waals surface area (Å²) in [7, 11) is 0. The van der Waals surface area contributed by atoms with Gasteiger partial charge in [-0.2, -0.15) is 0 Å². The maximum Gasteiger partial charge on any atom is 0.409 e. The van der Waals surface area contributed by atoms with Gasteiger partial charge >= 0.3 is 12.1 Å². The fourth-order valence-corrected chi connectivity index (χ4v) is 3.20. The first kappa shape index (κ1) is 24.0. The highest BCUT2D eigenvalue weighted by Gasteiger charge is 2.24. The van der Waals surface area contributed by atoms with Crippen LogP contribution in [0, 0.1) is 11.8 Å². The smallest absolute Gasteiger partial charge is 0.409 e. The number of benzene rings is 1. The summed E-state index contributed by atoms with van der Waals surface area (Å²) in [5.74, 6) is 0.579. The number of hydrogen-bond donors (Lipinski definition) is 1. The SMILES string of the molecule is CCOC(Cc1ccc(OCCN(CC2CCC2)C(=O)OCC(C)C)cc1)C(=O)O. The number of carbonyl (C=O) groups excluding carboxylic acids is 1. The number of rotatable bonds is 13. The summed E-state index contributed by atoms with van der Waals surface area (Å²) >= 11 is 0. The third-order valence-corrected chi connectivity index (χ3v) is 5.12. The Morgan fingerprint density at radius 3 is 2.43 bits per heavy atom. The quantitative estimate of drug-likeness (QED) is 0.518. The zero-order valence-electron chi connectivity index (χ0n) is 18.3. The summed E-state index contributed by atoms with van der Waals surface area (Å²) in [4.78, 5) is 25.4. The molecule has 1 aliphatic carbocycles. The Morgan fingerprint density at radius 2 is 1.90 bits per heavy atom. The molecule has 0 aromatic heterocycles. The van der Waals surface area contributed by atoms with Gasteiger partial charge in [0, 0.05) is 19.6 Å². The minimum absolute atomic E-state index is 0.273. The number of nitrogens with zero attached hydrogens (tertiary/aromatic N) is 1. The van der Waals surface area contributed by atoms with Crippen molar-refractivity contribution in [1.29, 1.82) is 0 Å². The molecule has 0 bridgehead atoms. The highest BCUT2D eigenvalue weighted by atomic mass is 16.6. The van der Waals surface area contributed by atoms with Gasteiger partial charge in [0.05, 0.1) is 13.2 Å². The molecule has 0 aliphatic heterocycles. The predicted octanol–water partition coefficient (Wildman–Crippen LogP) is 3.99. The first-order chi connectivity index (χ1) is 14.4. The van der Waals surface area contributed by atoms with Crippen LogP contribution in [-0.2, 0) is 20.7 Å². The van der Waals surface area contributed by atoms with Crippen LogP contribution in [0.25, 0.3) is 0 Å². The Balaban J connectivity index is 1.83. The summed E-state index contributed by atoms with van der Waals surface area (Å²) in [5, 5.41) is 9.19. The van der Waals surface area contributed by atoms with Gasteiger partial charge in [0.25, 0.3) is 0 Å². The predicted molar refractivity (Wildman–Crippen MR) is 114 cm³/mol. The van der Waals surface area contributed by atoms with Gasteiger partial charge in [-0.25, -0.2) is 9.59 Å². The van der Waals surface area contributed by atoms with Crippen molar-refractivity contribution >= 4 is 12.1 Å². The molecule has 1 N–H and O–H groups in total. The standard InChI is InChI=1S/C23H35NO6/c1-4-28-21(22(25)26)14-18-8-10-20(11-9-18)29-13-12-24(15-19-6-5-7-19)23(27)30-16-17(2)3/h8-11,17,19,21H,4-7,12-16H2,1-3H3,(H,25,26). The summed E-state index contributed by atoms with van der Waals surface area (Å²) in [6.07, 6.45) is 2.74. The van der Waals surface area contributed by atoms with Crippen molar-refractivity contribution in [1.82, 2.24) is 4.90 Å². The van der Waals surface area contributed by atoms with Crippen molar-refractivity contribution in [3.63, 3.8) is 0 Å². The lowest BCUT2D eigenvalue weighted by molar-refractivity contribution is -0.149. The van der Waals surface area contributed by atoms with Crippen LogP contribution in [0.4, 0.5) is 4.79 Å². The average molecular weight is 422 g/mol. The van der Waals surface area contributed by atoms with E-state index in [0.717, 1.165) is 18.4 Å². The van der Waals surface area contributed by atoms with Crippen molar-refractivity contribution in [2.24, 2.45) is 11.8 Å². The molecule has 1 fully saturated rings. The van der Waals surface area contributed by atoms with E-state index in [9.17, 15) is 14.7 Å². The number of ether oxygens (including phenoxy) is 3. The minimum Gasteiger partial charge on any atom is -0.492 e. The van der Waals surface area contributed by atoms with Gasteiger partial charge in [-0.15, -0.1) is 0 Å². The summed E-state index contributed by atoms with van der Waals surface area (Å²) in [6, 6.07) is 7.31. The second-order valence-electron chi connectivity index (χ2n) is 8.19. The van der Waals surface area contributed by atoms with Crippen LogP contribution in [0.1, 0.15) is 45.6 Å². The Labute approximate surface area is 179 Å². The number of hydrogen-bond acceptors (Lipinski definition) is 5. The molecule has 7 heteroatoms. The molecule has 0 saturated heterocycles. The molecule has 168 valence electrons. The molecular formula is C23H35NO6. The van der Waals surface area contributed by atoms with Crippen molar-refractivity contribution in [3.05, 3.63) is 29.8 Å². The van der Waals surface area contributed by atoms with Crippen molar-refractivity contribution < 1.29 is 28.9 Å². The molecule has 1 saturated carbocycles. The number of carboxylic acids is 1. The summed E-state index contributed by atoms with van der Waals surface area (Å²) in [6.45, 7) is 8.15. The zero-order chi connectivity index (χ0) is 21.9. The number of aliphatic carboxylic acids is 1. The number of amides is 1. The molecule has 1 aromatic carbocycles. The average Bonchev–Trinajstić information content (AvgIpc) is 2.68.